The number of aryl methyl sites for hydroxylation is 1. The number of nitrogens with zero attached hydrogens (tertiary/aromatic N) is 2. The maximum Gasteiger partial charge on any atom is 0.223 e. The lowest BCUT2D eigenvalue weighted by Gasteiger charge is -2.35. The predicted octanol–water partition coefficient (Wildman–Crippen LogP) is 5.53. The Morgan fingerprint density at radius 2 is 2.15 bits per heavy atom. The van der Waals surface area contributed by atoms with Crippen molar-refractivity contribution in [3.63, 3.8) is 0 Å². The highest BCUT2D eigenvalue weighted by Gasteiger charge is 2.30. The predicted molar refractivity (Wildman–Crippen MR) is 108 cm³/mol. The number of halogens is 1. The number of amides is 1. The summed E-state index contributed by atoms with van der Waals surface area (Å²) < 4.78 is 5.82. The van der Waals surface area contributed by atoms with Crippen molar-refractivity contribution < 1.29 is 9.21 Å². The van der Waals surface area contributed by atoms with Crippen molar-refractivity contribution in [1.29, 1.82) is 0 Å². The van der Waals surface area contributed by atoms with E-state index in [2.05, 4.69) is 23.4 Å². The van der Waals surface area contributed by atoms with Gasteiger partial charge in [-0.05, 0) is 54.1 Å². The third-order valence-electron chi connectivity index (χ3n) is 5.04. The first-order chi connectivity index (χ1) is 13.2. The van der Waals surface area contributed by atoms with Crippen molar-refractivity contribution in [3.8, 4) is 11.3 Å². The smallest absolute Gasteiger partial charge is 0.223 e. The lowest BCUT2D eigenvalue weighted by molar-refractivity contribution is -0.134. The molecule has 0 bridgehead atoms. The number of rotatable bonds is 5. The fourth-order valence-corrected chi connectivity index (χ4v) is 4.72. The number of carbonyl (C=O) groups excluding carboxylic acids is 1. The second-order valence-corrected chi connectivity index (χ2v) is 8.12. The van der Waals surface area contributed by atoms with E-state index in [4.69, 9.17) is 16.0 Å². The minimum absolute atomic E-state index is 0.171. The Morgan fingerprint density at radius 1 is 1.33 bits per heavy atom. The fourth-order valence-electron chi connectivity index (χ4n) is 3.67. The average Bonchev–Trinajstić information content (AvgIpc) is 3.35. The monoisotopic (exact) mass is 400 g/mol. The van der Waals surface area contributed by atoms with Crippen LogP contribution in [-0.2, 0) is 17.6 Å². The molecule has 6 heteroatoms. The Labute approximate surface area is 167 Å². The van der Waals surface area contributed by atoms with Gasteiger partial charge in [0.15, 0.2) is 11.7 Å². The summed E-state index contributed by atoms with van der Waals surface area (Å²) in [6.45, 7) is 2.94. The molecule has 0 radical (unpaired) electrons. The number of fused-ring (bicyclic) bond motifs is 1. The summed E-state index contributed by atoms with van der Waals surface area (Å²) in [5.41, 5.74) is 2.25. The highest BCUT2D eigenvalue weighted by atomic mass is 35.5. The van der Waals surface area contributed by atoms with Crippen LogP contribution in [-0.4, -0.2) is 22.3 Å². The Bertz CT molecular complexity index is 932. The van der Waals surface area contributed by atoms with E-state index in [0.29, 0.717) is 29.5 Å². The Hall–Kier alpha value is -2.11. The van der Waals surface area contributed by atoms with Gasteiger partial charge in [-0.3, -0.25) is 4.79 Å². The first kappa shape index (κ1) is 18.3. The Balaban J connectivity index is 1.40. The van der Waals surface area contributed by atoms with Crippen molar-refractivity contribution in [1.82, 2.24) is 9.88 Å². The number of oxazole rings is 1. The van der Waals surface area contributed by atoms with Gasteiger partial charge in [0.2, 0.25) is 5.91 Å². The molecule has 3 heterocycles. The van der Waals surface area contributed by atoms with Crippen molar-refractivity contribution in [2.24, 2.45) is 0 Å². The minimum atomic E-state index is 0.171. The molecule has 3 aromatic rings. The summed E-state index contributed by atoms with van der Waals surface area (Å²) in [6, 6.07) is 9.80. The molecule has 1 aliphatic rings. The second kappa shape index (κ2) is 7.87. The molecular formula is C21H21ClN2O2S. The molecule has 1 amide bonds. The third-order valence-corrected chi connectivity index (χ3v) is 6.29. The van der Waals surface area contributed by atoms with Gasteiger partial charge in [-0.2, -0.15) is 0 Å². The summed E-state index contributed by atoms with van der Waals surface area (Å²) in [4.78, 5) is 20.6. The van der Waals surface area contributed by atoms with E-state index < -0.39 is 0 Å². The number of aromatic nitrogens is 1. The van der Waals surface area contributed by atoms with Gasteiger partial charge in [0.1, 0.15) is 0 Å². The van der Waals surface area contributed by atoms with Gasteiger partial charge in [0.05, 0.1) is 12.2 Å². The molecule has 1 aliphatic heterocycles. The summed E-state index contributed by atoms with van der Waals surface area (Å²) in [7, 11) is 0. The van der Waals surface area contributed by atoms with E-state index >= 15 is 0 Å². The highest BCUT2D eigenvalue weighted by Crippen LogP contribution is 2.35. The van der Waals surface area contributed by atoms with Gasteiger partial charge in [0, 0.05) is 34.8 Å². The van der Waals surface area contributed by atoms with Crippen LogP contribution in [0.1, 0.15) is 42.1 Å². The van der Waals surface area contributed by atoms with Crippen LogP contribution in [0.3, 0.4) is 0 Å². The van der Waals surface area contributed by atoms with Gasteiger partial charge >= 0.3 is 0 Å². The van der Waals surface area contributed by atoms with Crippen molar-refractivity contribution >= 4 is 28.8 Å². The summed E-state index contributed by atoms with van der Waals surface area (Å²) in [6.07, 6.45) is 4.52. The molecule has 27 heavy (non-hydrogen) atoms. The molecule has 2 aromatic heterocycles. The molecule has 4 rings (SSSR count). The molecule has 0 fully saturated rings. The molecule has 0 saturated carbocycles. The van der Waals surface area contributed by atoms with Crippen LogP contribution in [0.25, 0.3) is 11.3 Å². The Kier molecular flexibility index (Phi) is 5.32. The average molecular weight is 401 g/mol. The van der Waals surface area contributed by atoms with Crippen LogP contribution in [0.2, 0.25) is 5.02 Å². The molecule has 0 N–H and O–H groups in total. The van der Waals surface area contributed by atoms with E-state index in [1.54, 1.807) is 17.5 Å². The maximum atomic E-state index is 12.8. The largest absolute Gasteiger partial charge is 0.441 e. The van der Waals surface area contributed by atoms with Crippen LogP contribution in [0.15, 0.2) is 46.3 Å². The zero-order valence-corrected chi connectivity index (χ0v) is 16.7. The lowest BCUT2D eigenvalue weighted by Crippen LogP contribution is -2.39. The van der Waals surface area contributed by atoms with Crippen LogP contribution in [0.4, 0.5) is 0 Å². The van der Waals surface area contributed by atoms with Gasteiger partial charge in [0.25, 0.3) is 0 Å². The molecule has 0 aliphatic carbocycles. The SMILES string of the molecule is CCC1c2ccsc2CCN1C(=O)CCc1ncc(-c2ccc(Cl)cc2)o1. The molecule has 4 nitrogen and oxygen atoms in total. The summed E-state index contributed by atoms with van der Waals surface area (Å²) >= 11 is 7.72. The molecule has 1 unspecified atom stereocenters. The van der Waals surface area contributed by atoms with E-state index in [-0.39, 0.29) is 11.9 Å². The topological polar surface area (TPSA) is 46.3 Å². The van der Waals surface area contributed by atoms with Crippen LogP contribution >= 0.6 is 22.9 Å². The number of hydrogen-bond acceptors (Lipinski definition) is 4. The van der Waals surface area contributed by atoms with Gasteiger partial charge in [-0.1, -0.05) is 18.5 Å². The number of benzene rings is 1. The number of thiophene rings is 1. The highest BCUT2D eigenvalue weighted by molar-refractivity contribution is 7.10. The summed E-state index contributed by atoms with van der Waals surface area (Å²) in [5.74, 6) is 1.46. The minimum Gasteiger partial charge on any atom is -0.441 e. The molecule has 140 valence electrons. The van der Waals surface area contributed by atoms with Crippen molar-refractivity contribution in [2.75, 3.05) is 6.54 Å². The van der Waals surface area contributed by atoms with Gasteiger partial charge in [-0.15, -0.1) is 11.3 Å². The molecule has 0 spiro atoms. The standard InChI is InChI=1S/C21H21ClN2O2S/c1-2-17-16-10-12-27-19(16)9-11-24(17)21(25)8-7-20-23-13-18(26-20)14-3-5-15(22)6-4-14/h3-6,10,12-13,17H,2,7-9,11H2,1H3. The molecule has 1 aromatic carbocycles. The van der Waals surface area contributed by atoms with Crippen LogP contribution in [0.5, 0.6) is 0 Å². The zero-order chi connectivity index (χ0) is 18.8. The summed E-state index contributed by atoms with van der Waals surface area (Å²) in [5, 5.41) is 2.82. The fraction of sp³-hybridized carbons (Fsp3) is 0.333. The van der Waals surface area contributed by atoms with Crippen LogP contribution < -0.4 is 0 Å². The van der Waals surface area contributed by atoms with Crippen molar-refractivity contribution in [2.45, 2.75) is 38.6 Å². The van der Waals surface area contributed by atoms with Crippen LogP contribution in [0, 0.1) is 0 Å². The maximum absolute atomic E-state index is 12.8. The quantitative estimate of drug-likeness (QED) is 0.566. The molecular weight excluding hydrogens is 380 g/mol. The number of hydrogen-bond donors (Lipinski definition) is 0. The van der Waals surface area contributed by atoms with E-state index in [9.17, 15) is 4.79 Å². The van der Waals surface area contributed by atoms with Gasteiger partial charge < -0.3 is 9.32 Å². The first-order valence-corrected chi connectivity index (χ1v) is 10.5. The zero-order valence-electron chi connectivity index (χ0n) is 15.2. The van der Waals surface area contributed by atoms with Crippen molar-refractivity contribution in [3.05, 3.63) is 63.3 Å². The normalized spacial score (nSPS) is 16.4. The van der Waals surface area contributed by atoms with E-state index in [0.717, 1.165) is 24.9 Å². The Morgan fingerprint density at radius 3 is 2.93 bits per heavy atom. The number of carbonyl (C=O) groups is 1. The third kappa shape index (κ3) is 3.80. The van der Waals surface area contributed by atoms with E-state index in [1.807, 2.05) is 29.2 Å². The molecule has 0 saturated heterocycles. The lowest BCUT2D eigenvalue weighted by atomic mass is 9.97. The van der Waals surface area contributed by atoms with E-state index in [1.165, 1.54) is 10.4 Å². The second-order valence-electron chi connectivity index (χ2n) is 6.69. The first-order valence-electron chi connectivity index (χ1n) is 9.22. The van der Waals surface area contributed by atoms with Gasteiger partial charge in [-0.25, -0.2) is 4.98 Å². The molecule has 1 atom stereocenters.